The molecule has 0 heterocycles. The summed E-state index contributed by atoms with van der Waals surface area (Å²) in [5.41, 5.74) is 6.01. The third-order valence-corrected chi connectivity index (χ3v) is 2.54. The topological polar surface area (TPSA) is 52.3 Å². The van der Waals surface area contributed by atoms with Crippen molar-refractivity contribution in [1.82, 2.24) is 0 Å². The average Bonchev–Trinajstić information content (AvgIpc) is 2.07. The van der Waals surface area contributed by atoms with E-state index in [1.54, 1.807) is 6.07 Å². The van der Waals surface area contributed by atoms with E-state index in [4.69, 9.17) is 10.5 Å². The number of hydrogen-bond donors (Lipinski definition) is 1. The summed E-state index contributed by atoms with van der Waals surface area (Å²) >= 11 is 3.35. The molecule has 0 saturated carbocycles. The molecule has 3 nitrogen and oxygen atoms in total. The minimum absolute atomic E-state index is 0.0952. The maximum absolute atomic E-state index is 10.5. The SMILES string of the molecule is Cc1cccc(OCC(N)=O)c1Br. The fourth-order valence-corrected chi connectivity index (χ4v) is 1.26. The van der Waals surface area contributed by atoms with Crippen molar-refractivity contribution in [3.63, 3.8) is 0 Å². The van der Waals surface area contributed by atoms with E-state index in [0.717, 1.165) is 10.0 Å². The van der Waals surface area contributed by atoms with Crippen LogP contribution in [0.2, 0.25) is 0 Å². The summed E-state index contributed by atoms with van der Waals surface area (Å²) in [5, 5.41) is 0. The molecular weight excluding hydrogens is 234 g/mol. The van der Waals surface area contributed by atoms with Crippen LogP contribution >= 0.6 is 15.9 Å². The van der Waals surface area contributed by atoms with E-state index >= 15 is 0 Å². The van der Waals surface area contributed by atoms with Gasteiger partial charge in [0.1, 0.15) is 5.75 Å². The van der Waals surface area contributed by atoms with E-state index in [-0.39, 0.29) is 6.61 Å². The quantitative estimate of drug-likeness (QED) is 0.878. The molecule has 0 aliphatic heterocycles. The minimum Gasteiger partial charge on any atom is -0.483 e. The highest BCUT2D eigenvalue weighted by molar-refractivity contribution is 9.10. The van der Waals surface area contributed by atoms with Gasteiger partial charge in [-0.2, -0.15) is 0 Å². The van der Waals surface area contributed by atoms with Gasteiger partial charge in [0, 0.05) is 0 Å². The lowest BCUT2D eigenvalue weighted by Crippen LogP contribution is -2.20. The maximum Gasteiger partial charge on any atom is 0.255 e. The molecule has 0 unspecified atom stereocenters. The normalized spacial score (nSPS) is 9.69. The first kappa shape index (κ1) is 10.1. The highest BCUT2D eigenvalue weighted by atomic mass is 79.9. The zero-order valence-electron chi connectivity index (χ0n) is 7.21. The molecular formula is C9H10BrNO2. The molecule has 70 valence electrons. The van der Waals surface area contributed by atoms with Crippen LogP contribution in [-0.4, -0.2) is 12.5 Å². The van der Waals surface area contributed by atoms with Crippen LogP contribution < -0.4 is 10.5 Å². The Bertz CT molecular complexity index is 325. The van der Waals surface area contributed by atoms with Gasteiger partial charge in [-0.1, -0.05) is 12.1 Å². The molecule has 2 N–H and O–H groups in total. The molecule has 1 aromatic carbocycles. The summed E-state index contributed by atoms with van der Waals surface area (Å²) in [4.78, 5) is 10.5. The Labute approximate surface area is 85.0 Å². The minimum atomic E-state index is -0.478. The van der Waals surface area contributed by atoms with Crippen LogP contribution in [0.3, 0.4) is 0 Å². The van der Waals surface area contributed by atoms with Gasteiger partial charge < -0.3 is 10.5 Å². The number of carbonyl (C=O) groups is 1. The van der Waals surface area contributed by atoms with Crippen LogP contribution in [0.25, 0.3) is 0 Å². The summed E-state index contributed by atoms with van der Waals surface area (Å²) in [7, 11) is 0. The van der Waals surface area contributed by atoms with Crippen LogP contribution in [0.1, 0.15) is 5.56 Å². The molecule has 0 radical (unpaired) electrons. The molecule has 0 atom stereocenters. The van der Waals surface area contributed by atoms with Gasteiger partial charge in [0.25, 0.3) is 5.91 Å². The molecule has 0 aliphatic rings. The van der Waals surface area contributed by atoms with E-state index in [1.165, 1.54) is 0 Å². The third kappa shape index (κ3) is 2.73. The second kappa shape index (κ2) is 4.28. The summed E-state index contributed by atoms with van der Waals surface area (Å²) in [6.07, 6.45) is 0. The number of aryl methyl sites for hydroxylation is 1. The van der Waals surface area contributed by atoms with Crippen LogP contribution in [0.4, 0.5) is 0 Å². The molecule has 1 rings (SSSR count). The zero-order chi connectivity index (χ0) is 9.84. The van der Waals surface area contributed by atoms with Gasteiger partial charge in [0.2, 0.25) is 0 Å². The van der Waals surface area contributed by atoms with Crippen molar-refractivity contribution in [3.05, 3.63) is 28.2 Å². The molecule has 1 amide bonds. The van der Waals surface area contributed by atoms with Gasteiger partial charge in [0.05, 0.1) is 4.47 Å². The first-order valence-electron chi connectivity index (χ1n) is 3.77. The summed E-state index contributed by atoms with van der Waals surface area (Å²) in [5.74, 6) is 0.159. The first-order valence-corrected chi connectivity index (χ1v) is 4.57. The molecule has 0 spiro atoms. The summed E-state index contributed by atoms with van der Waals surface area (Å²) in [6.45, 7) is 1.85. The number of carbonyl (C=O) groups excluding carboxylic acids is 1. The van der Waals surface area contributed by atoms with E-state index in [9.17, 15) is 4.79 Å². The van der Waals surface area contributed by atoms with Crippen molar-refractivity contribution < 1.29 is 9.53 Å². The van der Waals surface area contributed by atoms with Crippen LogP contribution in [0.15, 0.2) is 22.7 Å². The fraction of sp³-hybridized carbons (Fsp3) is 0.222. The Hall–Kier alpha value is -1.03. The second-order valence-electron chi connectivity index (χ2n) is 2.64. The average molecular weight is 244 g/mol. The van der Waals surface area contributed by atoms with Gasteiger partial charge in [0.15, 0.2) is 6.61 Å². The Morgan fingerprint density at radius 3 is 2.92 bits per heavy atom. The first-order chi connectivity index (χ1) is 6.11. The van der Waals surface area contributed by atoms with Crippen molar-refractivity contribution in [2.45, 2.75) is 6.92 Å². The Morgan fingerprint density at radius 2 is 2.31 bits per heavy atom. The number of benzene rings is 1. The van der Waals surface area contributed by atoms with E-state index in [1.807, 2.05) is 19.1 Å². The number of primary amides is 1. The lowest BCUT2D eigenvalue weighted by molar-refractivity contribution is -0.119. The van der Waals surface area contributed by atoms with E-state index < -0.39 is 5.91 Å². The van der Waals surface area contributed by atoms with Crippen molar-refractivity contribution in [1.29, 1.82) is 0 Å². The molecule has 0 fully saturated rings. The predicted molar refractivity (Wildman–Crippen MR) is 53.6 cm³/mol. The number of ether oxygens (including phenoxy) is 1. The molecule has 0 bridgehead atoms. The lowest BCUT2D eigenvalue weighted by atomic mass is 10.2. The number of rotatable bonds is 3. The van der Waals surface area contributed by atoms with Gasteiger partial charge in [-0.05, 0) is 34.5 Å². The standard InChI is InChI=1S/C9H10BrNO2/c1-6-3-2-4-7(9(6)10)13-5-8(11)12/h2-4H,5H2,1H3,(H2,11,12). The van der Waals surface area contributed by atoms with E-state index in [2.05, 4.69) is 15.9 Å². The molecule has 0 aromatic heterocycles. The van der Waals surface area contributed by atoms with Gasteiger partial charge >= 0.3 is 0 Å². The highest BCUT2D eigenvalue weighted by Gasteiger charge is 2.03. The van der Waals surface area contributed by atoms with Crippen molar-refractivity contribution in [2.75, 3.05) is 6.61 Å². The van der Waals surface area contributed by atoms with Crippen molar-refractivity contribution in [2.24, 2.45) is 5.73 Å². The summed E-state index contributed by atoms with van der Waals surface area (Å²) < 4.78 is 6.02. The largest absolute Gasteiger partial charge is 0.483 e. The molecule has 0 saturated heterocycles. The smallest absolute Gasteiger partial charge is 0.255 e. The van der Waals surface area contributed by atoms with Crippen molar-refractivity contribution in [3.8, 4) is 5.75 Å². The van der Waals surface area contributed by atoms with Crippen LogP contribution in [0.5, 0.6) is 5.75 Å². The van der Waals surface area contributed by atoms with Crippen LogP contribution in [-0.2, 0) is 4.79 Å². The number of hydrogen-bond acceptors (Lipinski definition) is 2. The molecule has 1 aromatic rings. The highest BCUT2D eigenvalue weighted by Crippen LogP contribution is 2.27. The predicted octanol–water partition coefficient (Wildman–Crippen LogP) is 1.62. The maximum atomic E-state index is 10.5. The number of halogens is 1. The monoisotopic (exact) mass is 243 g/mol. The number of amides is 1. The molecule has 13 heavy (non-hydrogen) atoms. The van der Waals surface area contributed by atoms with E-state index in [0.29, 0.717) is 5.75 Å². The van der Waals surface area contributed by atoms with Crippen molar-refractivity contribution >= 4 is 21.8 Å². The second-order valence-corrected chi connectivity index (χ2v) is 3.44. The molecule has 4 heteroatoms. The summed E-state index contributed by atoms with van der Waals surface area (Å²) in [6, 6.07) is 5.58. The van der Waals surface area contributed by atoms with Gasteiger partial charge in [-0.25, -0.2) is 0 Å². The number of nitrogens with two attached hydrogens (primary N) is 1. The van der Waals surface area contributed by atoms with Gasteiger partial charge in [-0.3, -0.25) is 4.79 Å². The third-order valence-electron chi connectivity index (χ3n) is 1.53. The van der Waals surface area contributed by atoms with Gasteiger partial charge in [-0.15, -0.1) is 0 Å². The molecule has 0 aliphatic carbocycles. The van der Waals surface area contributed by atoms with Crippen LogP contribution in [0, 0.1) is 6.92 Å². The Kier molecular flexibility index (Phi) is 3.31. The zero-order valence-corrected chi connectivity index (χ0v) is 8.80. The Balaban J connectivity index is 2.77. The lowest BCUT2D eigenvalue weighted by Gasteiger charge is -2.07. The fourth-order valence-electron chi connectivity index (χ4n) is 0.881. The Morgan fingerprint density at radius 1 is 1.62 bits per heavy atom.